The lowest BCUT2D eigenvalue weighted by atomic mass is 9.78. The molecule has 0 aliphatic carbocycles. The van der Waals surface area contributed by atoms with Crippen molar-refractivity contribution >= 4 is 11.6 Å². The summed E-state index contributed by atoms with van der Waals surface area (Å²) in [5.41, 5.74) is -0.883. The zero-order valence-corrected chi connectivity index (χ0v) is 18.4. The quantitative estimate of drug-likeness (QED) is 0.761. The van der Waals surface area contributed by atoms with Crippen molar-refractivity contribution in [1.29, 1.82) is 5.26 Å². The van der Waals surface area contributed by atoms with E-state index in [4.69, 9.17) is 5.26 Å². The topological polar surface area (TPSA) is 59.4 Å². The first-order valence-electron chi connectivity index (χ1n) is 11.0. The SMILES string of the molecule is CCNC(=O)C1CN(c2ccc(C#N)c(C(F)(F)F)c2)CC1C1CCN(C(C)C)CC1. The Morgan fingerprint density at radius 3 is 2.48 bits per heavy atom. The number of amides is 1. The number of piperidine rings is 1. The summed E-state index contributed by atoms with van der Waals surface area (Å²) in [6.07, 6.45) is -2.61. The third-order valence-electron chi connectivity index (χ3n) is 6.76. The lowest BCUT2D eigenvalue weighted by molar-refractivity contribution is -0.137. The van der Waals surface area contributed by atoms with Crippen LogP contribution in [0.25, 0.3) is 0 Å². The van der Waals surface area contributed by atoms with Crippen LogP contribution in [0.15, 0.2) is 18.2 Å². The Hall–Kier alpha value is -2.27. The number of nitriles is 1. The molecule has 0 spiro atoms. The van der Waals surface area contributed by atoms with E-state index in [-0.39, 0.29) is 23.3 Å². The molecule has 31 heavy (non-hydrogen) atoms. The predicted octanol–water partition coefficient (Wildman–Crippen LogP) is 3.89. The molecule has 170 valence electrons. The van der Waals surface area contributed by atoms with E-state index >= 15 is 0 Å². The first-order valence-corrected chi connectivity index (χ1v) is 11.0. The van der Waals surface area contributed by atoms with Crippen molar-refractivity contribution in [2.45, 2.75) is 45.8 Å². The van der Waals surface area contributed by atoms with Crippen LogP contribution >= 0.6 is 0 Å². The minimum atomic E-state index is -4.59. The fraction of sp³-hybridized carbons (Fsp3) is 0.652. The average molecular weight is 437 g/mol. The molecule has 5 nitrogen and oxygen atoms in total. The fourth-order valence-corrected chi connectivity index (χ4v) is 5.03. The summed E-state index contributed by atoms with van der Waals surface area (Å²) in [7, 11) is 0. The van der Waals surface area contributed by atoms with Crippen LogP contribution in [-0.2, 0) is 11.0 Å². The fourth-order valence-electron chi connectivity index (χ4n) is 5.03. The van der Waals surface area contributed by atoms with Crippen LogP contribution < -0.4 is 10.2 Å². The molecule has 2 unspecified atom stereocenters. The summed E-state index contributed by atoms with van der Waals surface area (Å²) in [5.74, 6) is 0.199. The molecule has 0 bridgehead atoms. The number of anilines is 1. The Balaban J connectivity index is 1.84. The van der Waals surface area contributed by atoms with E-state index in [0.29, 0.717) is 37.3 Å². The standard InChI is InChI=1S/C23H31F3N4O/c1-4-28-22(31)20-14-30(13-19(20)16-7-9-29(10-8-16)15(2)3)18-6-5-17(12-27)21(11-18)23(24,25)26/h5-6,11,15-16,19-20H,4,7-10,13-14H2,1-3H3,(H,28,31). The smallest absolute Gasteiger partial charge is 0.370 e. The molecule has 1 aromatic rings. The molecule has 1 amide bonds. The molecule has 2 atom stereocenters. The van der Waals surface area contributed by atoms with Gasteiger partial charge in [0.25, 0.3) is 0 Å². The second-order valence-corrected chi connectivity index (χ2v) is 8.88. The molecule has 1 aromatic carbocycles. The normalized spacial score (nSPS) is 23.2. The van der Waals surface area contributed by atoms with E-state index in [1.54, 1.807) is 12.1 Å². The van der Waals surface area contributed by atoms with Gasteiger partial charge in [-0.05, 0) is 76.7 Å². The zero-order valence-electron chi connectivity index (χ0n) is 18.4. The molecular weight excluding hydrogens is 405 g/mol. The first kappa shape index (κ1) is 23.4. The highest BCUT2D eigenvalue weighted by molar-refractivity contribution is 5.80. The number of alkyl halides is 3. The zero-order chi connectivity index (χ0) is 22.8. The molecule has 2 aliphatic rings. The number of carbonyl (C=O) groups is 1. The van der Waals surface area contributed by atoms with Crippen molar-refractivity contribution in [3.63, 3.8) is 0 Å². The molecule has 0 aromatic heterocycles. The van der Waals surface area contributed by atoms with E-state index in [2.05, 4.69) is 24.1 Å². The third-order valence-corrected chi connectivity index (χ3v) is 6.76. The Bertz CT molecular complexity index is 825. The number of nitrogens with zero attached hydrogens (tertiary/aromatic N) is 3. The second-order valence-electron chi connectivity index (χ2n) is 8.88. The van der Waals surface area contributed by atoms with Crippen LogP contribution in [-0.4, -0.2) is 49.6 Å². The van der Waals surface area contributed by atoms with Gasteiger partial charge in [-0.1, -0.05) is 0 Å². The van der Waals surface area contributed by atoms with Crippen LogP contribution in [0.3, 0.4) is 0 Å². The average Bonchev–Trinajstić information content (AvgIpc) is 3.18. The van der Waals surface area contributed by atoms with Crippen LogP contribution in [0.2, 0.25) is 0 Å². The van der Waals surface area contributed by atoms with E-state index in [0.717, 1.165) is 32.0 Å². The molecule has 0 radical (unpaired) electrons. The summed E-state index contributed by atoms with van der Waals surface area (Å²) >= 11 is 0. The molecule has 3 rings (SSSR count). The number of benzene rings is 1. The Labute approximate surface area is 182 Å². The van der Waals surface area contributed by atoms with Crippen molar-refractivity contribution in [2.75, 3.05) is 37.6 Å². The maximum Gasteiger partial charge on any atom is 0.417 e. The number of hydrogen-bond donors (Lipinski definition) is 1. The monoisotopic (exact) mass is 436 g/mol. The molecule has 2 heterocycles. The molecule has 8 heteroatoms. The van der Waals surface area contributed by atoms with Gasteiger partial charge < -0.3 is 15.1 Å². The molecule has 1 N–H and O–H groups in total. The predicted molar refractivity (Wildman–Crippen MR) is 113 cm³/mol. The third kappa shape index (κ3) is 5.15. The molecule has 2 saturated heterocycles. The van der Waals surface area contributed by atoms with E-state index in [1.807, 2.05) is 11.8 Å². The number of rotatable bonds is 5. The second kappa shape index (κ2) is 9.47. The van der Waals surface area contributed by atoms with Crippen molar-refractivity contribution in [1.82, 2.24) is 10.2 Å². The van der Waals surface area contributed by atoms with E-state index < -0.39 is 11.7 Å². The van der Waals surface area contributed by atoms with Gasteiger partial charge in [0.1, 0.15) is 0 Å². The summed E-state index contributed by atoms with van der Waals surface area (Å²) in [6.45, 7) is 9.67. The molecular formula is C23H31F3N4O. The number of likely N-dealkylation sites (tertiary alicyclic amines) is 1. The molecule has 2 aliphatic heterocycles. The Kier molecular flexibility index (Phi) is 7.15. The summed E-state index contributed by atoms with van der Waals surface area (Å²) in [5, 5.41) is 12.0. The van der Waals surface area contributed by atoms with Crippen LogP contribution in [0, 0.1) is 29.1 Å². The molecule has 0 saturated carbocycles. The highest BCUT2D eigenvalue weighted by atomic mass is 19.4. The summed E-state index contributed by atoms with van der Waals surface area (Å²) in [6, 6.07) is 5.96. The minimum Gasteiger partial charge on any atom is -0.370 e. The van der Waals surface area contributed by atoms with Crippen LogP contribution in [0.4, 0.5) is 18.9 Å². The van der Waals surface area contributed by atoms with Crippen LogP contribution in [0.5, 0.6) is 0 Å². The lowest BCUT2D eigenvalue weighted by Gasteiger charge is -2.38. The maximum atomic E-state index is 13.4. The van der Waals surface area contributed by atoms with Gasteiger partial charge in [-0.25, -0.2) is 0 Å². The Morgan fingerprint density at radius 1 is 1.26 bits per heavy atom. The van der Waals surface area contributed by atoms with Gasteiger partial charge in [0.15, 0.2) is 0 Å². The number of halogens is 3. The highest BCUT2D eigenvalue weighted by Crippen LogP contribution is 2.40. The van der Waals surface area contributed by atoms with Gasteiger partial charge in [0.05, 0.1) is 23.1 Å². The van der Waals surface area contributed by atoms with Gasteiger partial charge in [0.2, 0.25) is 5.91 Å². The summed E-state index contributed by atoms with van der Waals surface area (Å²) in [4.78, 5) is 17.1. The number of nitrogens with one attached hydrogen (secondary N) is 1. The summed E-state index contributed by atoms with van der Waals surface area (Å²) < 4.78 is 40.3. The van der Waals surface area contributed by atoms with Gasteiger partial charge in [0, 0.05) is 31.4 Å². The van der Waals surface area contributed by atoms with Crippen LogP contribution in [0.1, 0.15) is 44.7 Å². The maximum absolute atomic E-state index is 13.4. The Morgan fingerprint density at radius 2 is 1.94 bits per heavy atom. The van der Waals surface area contributed by atoms with E-state index in [9.17, 15) is 18.0 Å². The van der Waals surface area contributed by atoms with Gasteiger partial charge in [-0.3, -0.25) is 4.79 Å². The van der Waals surface area contributed by atoms with Crippen molar-refractivity contribution in [3.8, 4) is 6.07 Å². The lowest BCUT2D eigenvalue weighted by Crippen LogP contribution is -2.43. The first-order chi connectivity index (χ1) is 14.7. The van der Waals surface area contributed by atoms with Gasteiger partial charge in [-0.15, -0.1) is 0 Å². The number of carbonyl (C=O) groups excluding carboxylic acids is 1. The minimum absolute atomic E-state index is 0.0222. The van der Waals surface area contributed by atoms with E-state index in [1.165, 1.54) is 6.07 Å². The van der Waals surface area contributed by atoms with Crippen molar-refractivity contribution in [3.05, 3.63) is 29.3 Å². The van der Waals surface area contributed by atoms with Gasteiger partial charge in [-0.2, -0.15) is 18.4 Å². The number of hydrogen-bond acceptors (Lipinski definition) is 4. The van der Waals surface area contributed by atoms with Crippen molar-refractivity contribution in [2.24, 2.45) is 17.8 Å². The molecule has 2 fully saturated rings. The largest absolute Gasteiger partial charge is 0.417 e. The van der Waals surface area contributed by atoms with Gasteiger partial charge >= 0.3 is 6.18 Å². The van der Waals surface area contributed by atoms with Crippen molar-refractivity contribution < 1.29 is 18.0 Å². The highest BCUT2D eigenvalue weighted by Gasteiger charge is 2.43.